The van der Waals surface area contributed by atoms with E-state index in [0.29, 0.717) is 0 Å². The van der Waals surface area contributed by atoms with Crippen LogP contribution in [0.4, 0.5) is 0 Å². The number of carbonyl (C=O) groups is 1. The largest absolute Gasteiger partial charge is 0.512 e. The van der Waals surface area contributed by atoms with E-state index in [4.69, 9.17) is 4.98 Å². The van der Waals surface area contributed by atoms with Gasteiger partial charge in [0.25, 0.3) is 0 Å². The Bertz CT molecular complexity index is 1920. The molecule has 0 saturated heterocycles. The van der Waals surface area contributed by atoms with Crippen molar-refractivity contribution in [3.63, 3.8) is 0 Å². The van der Waals surface area contributed by atoms with Crippen LogP contribution in [0.5, 0.6) is 0 Å². The van der Waals surface area contributed by atoms with Crippen molar-refractivity contribution in [3.05, 3.63) is 70.9 Å². The van der Waals surface area contributed by atoms with Gasteiger partial charge in [-0.2, -0.15) is 11.3 Å². The molecule has 5 aromatic rings. The van der Waals surface area contributed by atoms with Crippen LogP contribution in [0.3, 0.4) is 0 Å². The van der Waals surface area contributed by atoms with Crippen LogP contribution in [0.25, 0.3) is 41.5 Å². The second-order valence-corrected chi connectivity index (χ2v) is 17.2. The number of hydrogen-bond acceptors (Lipinski definition) is 6. The summed E-state index contributed by atoms with van der Waals surface area (Å²) in [5.74, 6) is 1.47. The summed E-state index contributed by atoms with van der Waals surface area (Å²) >= 11 is 5.70. The normalized spacial score (nSPS) is 13.9. The van der Waals surface area contributed by atoms with E-state index in [1.807, 2.05) is 82.2 Å². The minimum atomic E-state index is -0.337. The molecule has 3 nitrogen and oxygen atoms in total. The average molecular weight is 863 g/mol. The van der Waals surface area contributed by atoms with Gasteiger partial charge in [0.15, 0.2) is 5.78 Å². The van der Waals surface area contributed by atoms with Crippen molar-refractivity contribution in [1.82, 2.24) is 4.98 Å². The maximum atomic E-state index is 12.2. The Labute approximate surface area is 307 Å². The van der Waals surface area contributed by atoms with E-state index in [-0.39, 0.29) is 47.9 Å². The number of carbonyl (C=O) groups excluding carboxylic acids is 1. The molecule has 1 N–H and O–H groups in total. The summed E-state index contributed by atoms with van der Waals surface area (Å²) in [5, 5.41) is 16.2. The monoisotopic (exact) mass is 863 g/mol. The Kier molecular flexibility index (Phi) is 11.9. The minimum absolute atomic E-state index is 0. The molecule has 6 rings (SSSR count). The number of pyridine rings is 1. The predicted molar refractivity (Wildman–Crippen MR) is 203 cm³/mol. The van der Waals surface area contributed by atoms with Crippen molar-refractivity contribution in [3.8, 4) is 11.3 Å². The van der Waals surface area contributed by atoms with E-state index in [1.54, 1.807) is 0 Å². The standard InChI is InChI=1S/C25H20NS3.C15H28O2.Ir/c1-25(2,3)17-13-16(12-15-8-11-27-23(15)17)22-20-19(6-9-26-22)29-18-5-4-14-7-10-28-24(14)21(18)20;1-7-14(5,8-2)12(16)11-13(17)15(6,9-3)10-4;/h4-6,8-9,11,13H,7,10H2,1-3H3;11,16H,7-10H2,1-6H3;/q-1;;/b;12-11-;. The topological polar surface area (TPSA) is 50.2 Å². The molecule has 3 aromatic heterocycles. The molecule has 253 valence electrons. The third-order valence-electron chi connectivity index (χ3n) is 10.3. The number of aliphatic hydroxyl groups is 1. The molecule has 0 atom stereocenters. The first-order valence-corrected chi connectivity index (χ1v) is 19.3. The number of aryl methyl sites for hydroxylation is 1. The molecule has 4 heterocycles. The number of fused-ring (bicyclic) bond motifs is 6. The van der Waals surface area contributed by atoms with Crippen LogP contribution in [0.2, 0.25) is 0 Å². The van der Waals surface area contributed by atoms with Crippen LogP contribution in [0, 0.1) is 16.9 Å². The molecule has 1 aliphatic heterocycles. The van der Waals surface area contributed by atoms with Crippen molar-refractivity contribution in [1.29, 1.82) is 0 Å². The first-order chi connectivity index (χ1) is 21.8. The fraction of sp³-hybridized carbons (Fsp3) is 0.450. The Morgan fingerprint density at radius 2 is 1.60 bits per heavy atom. The van der Waals surface area contributed by atoms with E-state index in [1.165, 1.54) is 64.5 Å². The van der Waals surface area contributed by atoms with Crippen molar-refractivity contribution in [2.24, 2.45) is 10.8 Å². The van der Waals surface area contributed by atoms with Gasteiger partial charge in [-0.15, -0.1) is 46.7 Å². The Hall–Kier alpha value is -2.02. The summed E-state index contributed by atoms with van der Waals surface area (Å²) < 4.78 is 4.04. The van der Waals surface area contributed by atoms with Crippen molar-refractivity contribution >= 4 is 70.5 Å². The second-order valence-electron chi connectivity index (χ2n) is 14.1. The van der Waals surface area contributed by atoms with Crippen LogP contribution in [0.15, 0.2) is 58.6 Å². The molecule has 0 saturated carbocycles. The number of aromatic nitrogens is 1. The van der Waals surface area contributed by atoms with Crippen LogP contribution in [-0.2, 0) is 36.7 Å². The molecule has 0 aliphatic carbocycles. The quantitative estimate of drug-likeness (QED) is 0.0959. The molecule has 0 fully saturated rings. The third kappa shape index (κ3) is 7.31. The van der Waals surface area contributed by atoms with Gasteiger partial charge in [-0.25, -0.2) is 0 Å². The predicted octanol–water partition coefficient (Wildman–Crippen LogP) is 12.7. The number of allylic oxidation sites excluding steroid dienone is 2. The van der Waals surface area contributed by atoms with Crippen LogP contribution in [0.1, 0.15) is 99.1 Å². The maximum absolute atomic E-state index is 12.2. The molecule has 0 spiro atoms. The number of thioether (sulfide) groups is 1. The summed E-state index contributed by atoms with van der Waals surface area (Å²) in [6.45, 7) is 19.0. The van der Waals surface area contributed by atoms with E-state index in [9.17, 15) is 9.90 Å². The number of rotatable bonds is 8. The zero-order valence-corrected chi connectivity index (χ0v) is 34.1. The third-order valence-corrected chi connectivity index (χ3v) is 13.6. The van der Waals surface area contributed by atoms with Gasteiger partial charge in [0.05, 0.1) is 0 Å². The zero-order chi connectivity index (χ0) is 33.4. The van der Waals surface area contributed by atoms with Gasteiger partial charge in [-0.1, -0.05) is 79.5 Å². The molecule has 0 bridgehead atoms. The van der Waals surface area contributed by atoms with Gasteiger partial charge in [0.1, 0.15) is 5.76 Å². The van der Waals surface area contributed by atoms with Crippen molar-refractivity contribution in [2.45, 2.75) is 105 Å². The molecule has 1 aliphatic rings. The fourth-order valence-electron chi connectivity index (χ4n) is 6.02. The van der Waals surface area contributed by atoms with Gasteiger partial charge >= 0.3 is 0 Å². The van der Waals surface area contributed by atoms with Gasteiger partial charge < -0.3 is 5.11 Å². The first kappa shape index (κ1) is 37.8. The molecule has 0 amide bonds. The van der Waals surface area contributed by atoms with E-state index in [0.717, 1.165) is 36.9 Å². The van der Waals surface area contributed by atoms with Gasteiger partial charge in [0, 0.05) is 74.3 Å². The molecule has 1 radical (unpaired) electrons. The fourth-order valence-corrected chi connectivity index (χ4v) is 9.51. The number of aliphatic hydroxyl groups excluding tert-OH is 1. The smallest absolute Gasteiger partial charge is 0.164 e. The van der Waals surface area contributed by atoms with Gasteiger partial charge in [0.2, 0.25) is 0 Å². The number of hydrogen-bond donors (Lipinski definition) is 1. The molecule has 47 heavy (non-hydrogen) atoms. The van der Waals surface area contributed by atoms with Crippen LogP contribution >= 0.6 is 34.4 Å². The molecule has 2 aromatic carbocycles. The molecular weight excluding hydrogens is 815 g/mol. The zero-order valence-electron chi connectivity index (χ0n) is 29.2. The molecule has 7 heteroatoms. The van der Waals surface area contributed by atoms with Crippen molar-refractivity contribution < 1.29 is 30.0 Å². The van der Waals surface area contributed by atoms with Crippen LogP contribution < -0.4 is 0 Å². The Balaban J connectivity index is 0.000000242. The summed E-state index contributed by atoms with van der Waals surface area (Å²) in [7, 11) is 0. The summed E-state index contributed by atoms with van der Waals surface area (Å²) in [4.78, 5) is 18.6. The SMILES string of the molecule is CC(C)(C)c1cc(-c2nccc3sc4ccc5c(c4c23)SCC5)[c-]c2ccsc12.CCC(C)(CC)C(=O)/C=C(\O)C(C)(CC)CC.[Ir]. The van der Waals surface area contributed by atoms with Gasteiger partial charge in [-0.3, -0.25) is 9.78 Å². The average Bonchev–Trinajstić information content (AvgIpc) is 3.80. The number of thiophene rings is 2. The van der Waals surface area contributed by atoms with Gasteiger partial charge in [-0.05, 0) is 70.7 Å². The summed E-state index contributed by atoms with van der Waals surface area (Å²) in [6, 6.07) is 15.0. The summed E-state index contributed by atoms with van der Waals surface area (Å²) in [6.07, 6.45) is 7.89. The Morgan fingerprint density at radius 3 is 2.23 bits per heavy atom. The summed E-state index contributed by atoms with van der Waals surface area (Å²) in [5.41, 5.74) is 4.54. The van der Waals surface area contributed by atoms with E-state index >= 15 is 0 Å². The maximum Gasteiger partial charge on any atom is 0.164 e. The number of nitrogens with zero attached hydrogens (tertiary/aromatic N) is 1. The van der Waals surface area contributed by atoms with E-state index in [2.05, 4.69) is 62.5 Å². The number of benzene rings is 2. The van der Waals surface area contributed by atoms with Crippen molar-refractivity contribution in [2.75, 3.05) is 5.75 Å². The second kappa shape index (κ2) is 14.8. The first-order valence-electron chi connectivity index (χ1n) is 16.7. The Morgan fingerprint density at radius 1 is 0.936 bits per heavy atom. The molecular formula is C40H48IrNO2S3-. The molecule has 0 unspecified atom stereocenters. The number of ketones is 1. The van der Waals surface area contributed by atoms with E-state index < -0.39 is 0 Å². The van der Waals surface area contributed by atoms with Crippen LogP contribution in [-0.4, -0.2) is 21.6 Å². The minimum Gasteiger partial charge on any atom is -0.512 e.